The summed E-state index contributed by atoms with van der Waals surface area (Å²) in [6.07, 6.45) is 19.5. The normalized spacial score (nSPS) is 12.2. The number of unbranched alkanes of at least 4 members (excludes halogenated alkanes) is 11. The van der Waals surface area contributed by atoms with Crippen LogP contribution in [0.25, 0.3) is 5.69 Å². The second-order valence-corrected chi connectivity index (χ2v) is 10.3. The SMILES string of the molecule is CCCCCCCCCCCCC/C=C/C[C@@H](CC(=O)Nc1ccc(-n2c(=O)cc(C)n2C)cc1)C(=O)O. The highest BCUT2D eigenvalue weighted by atomic mass is 16.4. The maximum Gasteiger partial charge on any atom is 0.307 e. The molecule has 1 aromatic heterocycles. The summed E-state index contributed by atoms with van der Waals surface area (Å²) >= 11 is 0. The summed E-state index contributed by atoms with van der Waals surface area (Å²) in [6.45, 7) is 4.11. The average Bonchev–Trinajstić information content (AvgIpc) is 3.14. The van der Waals surface area contributed by atoms with Gasteiger partial charge in [0.25, 0.3) is 5.56 Å². The van der Waals surface area contributed by atoms with Gasteiger partial charge in [0.2, 0.25) is 5.91 Å². The molecule has 0 spiro atoms. The summed E-state index contributed by atoms with van der Waals surface area (Å²) in [5.74, 6) is -2.06. The Balaban J connectivity index is 1.66. The molecule has 2 aromatic rings. The number of carboxylic acids is 1. The number of nitrogens with one attached hydrogen (secondary N) is 1. The van der Waals surface area contributed by atoms with Crippen molar-refractivity contribution < 1.29 is 14.7 Å². The summed E-state index contributed by atoms with van der Waals surface area (Å²) in [4.78, 5) is 36.3. The van der Waals surface area contributed by atoms with Gasteiger partial charge in [-0.15, -0.1) is 0 Å². The summed E-state index contributed by atoms with van der Waals surface area (Å²) < 4.78 is 3.31. The molecule has 0 saturated carbocycles. The van der Waals surface area contributed by atoms with E-state index in [2.05, 4.69) is 12.2 Å². The van der Waals surface area contributed by atoms with E-state index in [1.807, 2.05) is 26.1 Å². The first-order chi connectivity index (χ1) is 18.3. The molecule has 2 rings (SSSR count). The lowest BCUT2D eigenvalue weighted by atomic mass is 10.00. The first-order valence-corrected chi connectivity index (χ1v) is 14.4. The van der Waals surface area contributed by atoms with Crippen LogP contribution in [0.5, 0.6) is 0 Å². The highest BCUT2D eigenvalue weighted by Crippen LogP contribution is 2.17. The second kappa shape index (κ2) is 17.4. The fraction of sp³-hybridized carbons (Fsp3) is 0.581. The van der Waals surface area contributed by atoms with Gasteiger partial charge in [0.1, 0.15) is 0 Å². The van der Waals surface area contributed by atoms with Gasteiger partial charge in [0.15, 0.2) is 0 Å². The van der Waals surface area contributed by atoms with Crippen molar-refractivity contribution >= 4 is 17.6 Å². The number of carbonyl (C=O) groups excluding carboxylic acids is 1. The number of allylic oxidation sites excluding steroid dienone is 2. The molecule has 0 saturated heterocycles. The Kier molecular flexibility index (Phi) is 14.3. The first-order valence-electron chi connectivity index (χ1n) is 14.4. The molecule has 38 heavy (non-hydrogen) atoms. The smallest absolute Gasteiger partial charge is 0.307 e. The van der Waals surface area contributed by atoms with E-state index < -0.39 is 11.9 Å². The van der Waals surface area contributed by atoms with Crippen LogP contribution in [0.2, 0.25) is 0 Å². The molecule has 1 amide bonds. The van der Waals surface area contributed by atoms with Crippen molar-refractivity contribution in [1.82, 2.24) is 9.36 Å². The predicted octanol–water partition coefficient (Wildman–Crippen LogP) is 7.16. The number of hydrogen-bond acceptors (Lipinski definition) is 3. The molecular formula is C31H47N3O4. The van der Waals surface area contributed by atoms with Crippen molar-refractivity contribution in [2.45, 2.75) is 104 Å². The highest BCUT2D eigenvalue weighted by Gasteiger charge is 2.20. The third-order valence-corrected chi connectivity index (χ3v) is 7.09. The minimum absolute atomic E-state index is 0.0870. The minimum Gasteiger partial charge on any atom is -0.481 e. The predicted molar refractivity (Wildman–Crippen MR) is 155 cm³/mol. The van der Waals surface area contributed by atoms with Gasteiger partial charge in [0, 0.05) is 30.9 Å². The van der Waals surface area contributed by atoms with Gasteiger partial charge >= 0.3 is 5.97 Å². The minimum atomic E-state index is -0.965. The van der Waals surface area contributed by atoms with Gasteiger partial charge in [-0.3, -0.25) is 19.1 Å². The molecule has 2 N–H and O–H groups in total. The van der Waals surface area contributed by atoms with E-state index in [1.54, 1.807) is 39.7 Å². The summed E-state index contributed by atoms with van der Waals surface area (Å²) in [5.41, 5.74) is 1.98. The molecule has 1 heterocycles. The van der Waals surface area contributed by atoms with Crippen molar-refractivity contribution in [1.29, 1.82) is 0 Å². The Morgan fingerprint density at radius 3 is 2.03 bits per heavy atom. The number of hydrogen-bond donors (Lipinski definition) is 2. The number of nitrogens with zero attached hydrogens (tertiary/aromatic N) is 2. The van der Waals surface area contributed by atoms with E-state index in [0.717, 1.165) is 18.5 Å². The number of carbonyl (C=O) groups is 2. The quantitative estimate of drug-likeness (QED) is 0.150. The molecule has 0 aliphatic heterocycles. The lowest BCUT2D eigenvalue weighted by Crippen LogP contribution is -2.22. The molecule has 0 fully saturated rings. The number of carboxylic acid groups (broad SMARTS) is 1. The van der Waals surface area contributed by atoms with Crippen LogP contribution in [0, 0.1) is 12.8 Å². The monoisotopic (exact) mass is 525 g/mol. The fourth-order valence-electron chi connectivity index (χ4n) is 4.64. The Morgan fingerprint density at radius 1 is 0.921 bits per heavy atom. The molecule has 0 bridgehead atoms. The zero-order valence-corrected chi connectivity index (χ0v) is 23.6. The summed E-state index contributed by atoms with van der Waals surface area (Å²) in [5, 5.41) is 12.3. The van der Waals surface area contributed by atoms with E-state index in [-0.39, 0.29) is 17.9 Å². The fourth-order valence-corrected chi connectivity index (χ4v) is 4.64. The van der Waals surface area contributed by atoms with Crippen molar-refractivity contribution in [2.24, 2.45) is 13.0 Å². The largest absolute Gasteiger partial charge is 0.481 e. The Labute approximate surface area is 227 Å². The third kappa shape index (κ3) is 11.1. The summed E-state index contributed by atoms with van der Waals surface area (Å²) in [7, 11) is 1.81. The number of aliphatic carboxylic acids is 1. The van der Waals surface area contributed by atoms with Crippen LogP contribution in [-0.4, -0.2) is 26.3 Å². The molecule has 210 valence electrons. The maximum absolute atomic E-state index is 12.5. The van der Waals surface area contributed by atoms with Crippen molar-refractivity contribution in [3.63, 3.8) is 0 Å². The Hall–Kier alpha value is -3.09. The number of benzene rings is 1. The van der Waals surface area contributed by atoms with Gasteiger partial charge in [0.05, 0.1) is 11.6 Å². The van der Waals surface area contributed by atoms with E-state index in [1.165, 1.54) is 64.2 Å². The topological polar surface area (TPSA) is 93.3 Å². The zero-order chi connectivity index (χ0) is 27.8. The molecule has 7 heteroatoms. The molecule has 0 aliphatic rings. The van der Waals surface area contributed by atoms with Crippen LogP contribution in [-0.2, 0) is 16.6 Å². The van der Waals surface area contributed by atoms with E-state index >= 15 is 0 Å². The third-order valence-electron chi connectivity index (χ3n) is 7.09. The van der Waals surface area contributed by atoms with Gasteiger partial charge in [-0.2, -0.15) is 0 Å². The molecule has 1 atom stereocenters. The maximum atomic E-state index is 12.5. The number of rotatable bonds is 19. The number of anilines is 1. The van der Waals surface area contributed by atoms with Crippen LogP contribution >= 0.6 is 0 Å². The molecule has 1 aromatic carbocycles. The second-order valence-electron chi connectivity index (χ2n) is 10.3. The standard InChI is InChI=1S/C31H47N3O4/c1-4-5-6-7-8-9-10-11-12-13-14-15-16-17-18-26(31(37)38)24-29(35)32-27-19-21-28(22-20-27)34-30(36)23-25(2)33(34)3/h16-17,19-23,26H,4-15,18,24H2,1-3H3,(H,32,35)(H,37,38)/b17-16+/t26-/m0/s1. The lowest BCUT2D eigenvalue weighted by molar-refractivity contribution is -0.143. The van der Waals surface area contributed by atoms with Gasteiger partial charge < -0.3 is 10.4 Å². The number of amides is 1. The van der Waals surface area contributed by atoms with Gasteiger partial charge in [-0.25, -0.2) is 4.68 Å². The van der Waals surface area contributed by atoms with E-state index in [9.17, 15) is 19.5 Å². The molecule has 0 radical (unpaired) electrons. The van der Waals surface area contributed by atoms with Gasteiger partial charge in [-0.05, 0) is 50.5 Å². The average molecular weight is 526 g/mol. The molecule has 0 unspecified atom stereocenters. The highest BCUT2D eigenvalue weighted by molar-refractivity contribution is 5.93. The Bertz CT molecular complexity index is 1070. The molecule has 0 aliphatic carbocycles. The van der Waals surface area contributed by atoms with E-state index in [4.69, 9.17) is 0 Å². The van der Waals surface area contributed by atoms with Crippen LogP contribution in [0.3, 0.4) is 0 Å². The van der Waals surface area contributed by atoms with Crippen LogP contribution in [0.1, 0.15) is 103 Å². The summed E-state index contributed by atoms with van der Waals surface area (Å²) in [6, 6.07) is 8.50. The van der Waals surface area contributed by atoms with Crippen LogP contribution < -0.4 is 10.9 Å². The number of aryl methyl sites for hydroxylation is 1. The van der Waals surface area contributed by atoms with Crippen LogP contribution in [0.4, 0.5) is 5.69 Å². The zero-order valence-electron chi connectivity index (χ0n) is 23.6. The lowest BCUT2D eigenvalue weighted by Gasteiger charge is -2.12. The molecule has 7 nitrogen and oxygen atoms in total. The van der Waals surface area contributed by atoms with Gasteiger partial charge in [-0.1, -0.05) is 83.3 Å². The van der Waals surface area contributed by atoms with Crippen molar-refractivity contribution in [2.75, 3.05) is 5.32 Å². The van der Waals surface area contributed by atoms with E-state index in [0.29, 0.717) is 17.8 Å². The molecular weight excluding hydrogens is 478 g/mol. The van der Waals surface area contributed by atoms with Crippen molar-refractivity contribution in [3.8, 4) is 5.69 Å². The number of aromatic nitrogens is 2. The first kappa shape index (κ1) is 31.1. The van der Waals surface area contributed by atoms with Crippen LogP contribution in [0.15, 0.2) is 47.3 Å². The Morgan fingerprint density at radius 2 is 1.50 bits per heavy atom. The van der Waals surface area contributed by atoms with Crippen molar-refractivity contribution in [3.05, 3.63) is 58.5 Å².